The molecule has 0 aromatic rings. The van der Waals surface area contributed by atoms with Gasteiger partial charge in [0.15, 0.2) is 0 Å². The van der Waals surface area contributed by atoms with Crippen molar-refractivity contribution in [2.75, 3.05) is 11.5 Å². The second kappa shape index (κ2) is 12.4. The lowest BCUT2D eigenvalue weighted by atomic mass is 9.78. The summed E-state index contributed by atoms with van der Waals surface area (Å²) in [7, 11) is 0. The molecule has 1 N–H and O–H groups in total. The van der Waals surface area contributed by atoms with Crippen molar-refractivity contribution in [3.8, 4) is 0 Å². The zero-order valence-corrected chi connectivity index (χ0v) is 18.9. The number of carboxylic acids is 1. The number of ether oxygens (including phenoxy) is 2. The molecule has 3 aliphatic heterocycles. The summed E-state index contributed by atoms with van der Waals surface area (Å²) in [6.07, 6.45) is 19.7. The fourth-order valence-corrected chi connectivity index (χ4v) is 6.29. The van der Waals surface area contributed by atoms with E-state index in [2.05, 4.69) is 30.8 Å². The van der Waals surface area contributed by atoms with Crippen LogP contribution in [0, 0.1) is 11.8 Å². The summed E-state index contributed by atoms with van der Waals surface area (Å²) >= 11 is 2.11. The number of thioether (sulfide) groups is 1. The van der Waals surface area contributed by atoms with Gasteiger partial charge in [0.05, 0.1) is 12.2 Å². The number of rotatable bonds is 17. The van der Waals surface area contributed by atoms with Crippen LogP contribution in [0.2, 0.25) is 0 Å². The Morgan fingerprint density at radius 1 is 0.862 bits per heavy atom. The minimum absolute atomic E-state index is 0.261. The normalized spacial score (nSPS) is 32.2. The zero-order chi connectivity index (χ0) is 20.5. The third-order valence-corrected chi connectivity index (χ3v) is 7.90. The molecule has 29 heavy (non-hydrogen) atoms. The van der Waals surface area contributed by atoms with Crippen molar-refractivity contribution in [1.29, 1.82) is 0 Å². The van der Waals surface area contributed by atoms with Gasteiger partial charge in [0.1, 0.15) is 12.2 Å². The number of fused-ring (bicyclic) bond motifs is 5. The van der Waals surface area contributed by atoms with Gasteiger partial charge in [0.25, 0.3) is 0 Å². The SMILES string of the molecule is CCCCCCCCCCSC[C@@H]1[C@H](C/C=C\CCCC(=O)O)[C@H]2O[C@@H]1[C@H]1O[C@H]12. The van der Waals surface area contributed by atoms with Gasteiger partial charge in [-0.25, -0.2) is 0 Å². The molecule has 166 valence electrons. The maximum absolute atomic E-state index is 10.6. The molecule has 3 heterocycles. The first-order valence-corrected chi connectivity index (χ1v) is 13.1. The van der Waals surface area contributed by atoms with Crippen LogP contribution in [0.5, 0.6) is 0 Å². The van der Waals surface area contributed by atoms with Gasteiger partial charge in [-0.3, -0.25) is 4.79 Å². The molecule has 0 aliphatic carbocycles. The van der Waals surface area contributed by atoms with Gasteiger partial charge in [-0.05, 0) is 43.1 Å². The highest BCUT2D eigenvalue weighted by Gasteiger charge is 2.68. The Bertz CT molecular complexity index is 523. The van der Waals surface area contributed by atoms with Crippen molar-refractivity contribution in [1.82, 2.24) is 0 Å². The maximum atomic E-state index is 10.6. The summed E-state index contributed by atoms with van der Waals surface area (Å²) in [5, 5.41) is 8.72. The minimum atomic E-state index is -0.703. The third-order valence-electron chi connectivity index (χ3n) is 6.71. The quantitative estimate of drug-likeness (QED) is 0.180. The van der Waals surface area contributed by atoms with Crippen LogP contribution in [0.25, 0.3) is 0 Å². The molecular weight excluding hydrogens is 384 g/mol. The molecule has 2 bridgehead atoms. The molecule has 0 radical (unpaired) electrons. The summed E-state index contributed by atoms with van der Waals surface area (Å²) < 4.78 is 12.1. The first-order chi connectivity index (χ1) is 14.2. The number of allylic oxidation sites excluding steroid dienone is 2. The first kappa shape index (κ1) is 23.1. The van der Waals surface area contributed by atoms with E-state index in [9.17, 15) is 4.79 Å². The van der Waals surface area contributed by atoms with Crippen LogP contribution in [0.15, 0.2) is 12.2 Å². The maximum Gasteiger partial charge on any atom is 0.303 e. The Hall–Kier alpha value is -0.520. The van der Waals surface area contributed by atoms with Crippen LogP contribution in [-0.4, -0.2) is 47.0 Å². The van der Waals surface area contributed by atoms with E-state index in [0.29, 0.717) is 36.3 Å². The van der Waals surface area contributed by atoms with Gasteiger partial charge in [-0.15, -0.1) is 0 Å². The standard InChI is InChI=1S/C24H40O4S/c1-2-3-4-5-6-7-10-13-16-29-17-19-18(14-11-8-9-12-15-20(25)26)21-23-24(28-23)22(19)27-21/h8,11,18-19,21-24H,2-7,9-10,12-17H2,1H3,(H,25,26)/b11-8-/t18-,19+,21+,22-,23-,24+/m0/s1. The van der Waals surface area contributed by atoms with Crippen LogP contribution >= 0.6 is 11.8 Å². The molecule has 0 aromatic heterocycles. The Labute approximate surface area is 181 Å². The molecule has 3 aliphatic rings. The molecule has 3 saturated heterocycles. The van der Waals surface area contributed by atoms with Crippen molar-refractivity contribution < 1.29 is 19.4 Å². The van der Waals surface area contributed by atoms with Gasteiger partial charge in [0, 0.05) is 12.3 Å². The van der Waals surface area contributed by atoms with Gasteiger partial charge in [-0.2, -0.15) is 11.8 Å². The van der Waals surface area contributed by atoms with E-state index in [1.54, 1.807) is 0 Å². The Kier molecular flexibility index (Phi) is 9.87. The predicted octanol–water partition coefficient (Wildman–Crippen LogP) is 5.84. The van der Waals surface area contributed by atoms with Crippen molar-refractivity contribution in [3.05, 3.63) is 12.2 Å². The topological polar surface area (TPSA) is 59.1 Å². The number of aliphatic carboxylic acids is 1. The number of carbonyl (C=O) groups is 1. The fourth-order valence-electron chi connectivity index (χ4n) is 5.00. The number of hydrogen-bond donors (Lipinski definition) is 1. The Morgan fingerprint density at radius 3 is 2.24 bits per heavy atom. The zero-order valence-electron chi connectivity index (χ0n) is 18.1. The van der Waals surface area contributed by atoms with Crippen LogP contribution in [0.3, 0.4) is 0 Å². The molecule has 6 atom stereocenters. The molecular formula is C24H40O4S. The highest BCUT2D eigenvalue weighted by molar-refractivity contribution is 7.99. The summed E-state index contributed by atoms with van der Waals surface area (Å²) in [4.78, 5) is 10.6. The molecule has 3 fully saturated rings. The van der Waals surface area contributed by atoms with E-state index in [1.807, 2.05) is 0 Å². The van der Waals surface area contributed by atoms with Crippen LogP contribution in [0.1, 0.15) is 84.0 Å². The molecule has 5 heteroatoms. The second-order valence-electron chi connectivity index (χ2n) is 9.00. The van der Waals surface area contributed by atoms with Crippen LogP contribution in [-0.2, 0) is 14.3 Å². The molecule has 0 aromatic carbocycles. The summed E-state index contributed by atoms with van der Waals surface area (Å²) in [6, 6.07) is 0. The lowest BCUT2D eigenvalue weighted by Crippen LogP contribution is -2.34. The van der Waals surface area contributed by atoms with E-state index in [1.165, 1.54) is 62.9 Å². The molecule has 3 rings (SSSR count). The minimum Gasteiger partial charge on any atom is -0.481 e. The Morgan fingerprint density at radius 2 is 1.52 bits per heavy atom. The van der Waals surface area contributed by atoms with Gasteiger partial charge >= 0.3 is 5.97 Å². The van der Waals surface area contributed by atoms with Crippen molar-refractivity contribution in [3.63, 3.8) is 0 Å². The average Bonchev–Trinajstić information content (AvgIpc) is 3.33. The second-order valence-corrected chi connectivity index (χ2v) is 10.2. The summed E-state index contributed by atoms with van der Waals surface area (Å²) in [5.41, 5.74) is 0. The summed E-state index contributed by atoms with van der Waals surface area (Å²) in [6.45, 7) is 2.28. The molecule has 4 nitrogen and oxygen atoms in total. The number of unbranched alkanes of at least 4 members (excludes halogenated alkanes) is 8. The monoisotopic (exact) mass is 424 g/mol. The lowest BCUT2D eigenvalue weighted by molar-refractivity contribution is -0.137. The Balaban J connectivity index is 1.28. The lowest BCUT2D eigenvalue weighted by Gasteiger charge is -2.24. The van der Waals surface area contributed by atoms with Crippen LogP contribution < -0.4 is 0 Å². The smallest absolute Gasteiger partial charge is 0.303 e. The van der Waals surface area contributed by atoms with Gasteiger partial charge in [-0.1, -0.05) is 64.0 Å². The van der Waals surface area contributed by atoms with E-state index in [-0.39, 0.29) is 6.42 Å². The van der Waals surface area contributed by atoms with Gasteiger partial charge in [0.2, 0.25) is 0 Å². The number of hydrogen-bond acceptors (Lipinski definition) is 4. The predicted molar refractivity (Wildman–Crippen MR) is 119 cm³/mol. The first-order valence-electron chi connectivity index (χ1n) is 12.0. The summed E-state index contributed by atoms with van der Waals surface area (Å²) in [5.74, 6) is 2.96. The van der Waals surface area contributed by atoms with Gasteiger partial charge < -0.3 is 14.6 Å². The van der Waals surface area contributed by atoms with Crippen molar-refractivity contribution in [2.45, 2.75) is 108 Å². The fraction of sp³-hybridized carbons (Fsp3) is 0.875. The van der Waals surface area contributed by atoms with Crippen molar-refractivity contribution >= 4 is 17.7 Å². The van der Waals surface area contributed by atoms with E-state index >= 15 is 0 Å². The van der Waals surface area contributed by atoms with E-state index < -0.39 is 5.97 Å². The average molecular weight is 425 g/mol. The van der Waals surface area contributed by atoms with Crippen molar-refractivity contribution in [2.24, 2.45) is 11.8 Å². The third kappa shape index (κ3) is 7.00. The van der Waals surface area contributed by atoms with E-state index in [0.717, 1.165) is 19.3 Å². The highest BCUT2D eigenvalue weighted by Crippen LogP contribution is 2.55. The largest absolute Gasteiger partial charge is 0.481 e. The molecule has 0 spiro atoms. The number of epoxide rings is 1. The van der Waals surface area contributed by atoms with E-state index in [4.69, 9.17) is 14.6 Å². The number of carboxylic acid groups (broad SMARTS) is 1. The highest BCUT2D eigenvalue weighted by atomic mass is 32.2. The molecule has 0 amide bonds. The van der Waals surface area contributed by atoms with Crippen LogP contribution in [0.4, 0.5) is 0 Å². The molecule has 0 saturated carbocycles. The molecule has 0 unspecified atom stereocenters.